The fourth-order valence-corrected chi connectivity index (χ4v) is 4.41. The number of methoxy groups -OCH3 is 1. The lowest BCUT2D eigenvalue weighted by Gasteiger charge is -2.29. The van der Waals surface area contributed by atoms with Crippen LogP contribution >= 0.6 is 0 Å². The molecule has 0 spiro atoms. The van der Waals surface area contributed by atoms with Gasteiger partial charge in [-0.25, -0.2) is 13.2 Å². The molecule has 3 aromatic rings. The second kappa shape index (κ2) is 10.4. The van der Waals surface area contributed by atoms with Gasteiger partial charge in [-0.2, -0.15) is 0 Å². The van der Waals surface area contributed by atoms with Crippen molar-refractivity contribution < 1.29 is 27.8 Å². The van der Waals surface area contributed by atoms with Crippen LogP contribution in [-0.2, 0) is 18.0 Å². The molecule has 0 bridgehead atoms. The molecule has 3 aromatic carbocycles. The zero-order valence-corrected chi connectivity index (χ0v) is 18.5. The summed E-state index contributed by atoms with van der Waals surface area (Å²) < 4.78 is 54.8. The minimum atomic E-state index is -0.849. The predicted molar refractivity (Wildman–Crippen MR) is 120 cm³/mol. The van der Waals surface area contributed by atoms with Crippen LogP contribution in [0, 0.1) is 17.5 Å². The average Bonchev–Trinajstić information content (AvgIpc) is 2.85. The molecule has 1 saturated carbocycles. The summed E-state index contributed by atoms with van der Waals surface area (Å²) in [6.07, 6.45) is 2.72. The summed E-state index contributed by atoms with van der Waals surface area (Å²) in [5.74, 6) is -1.64. The molecule has 0 unspecified atom stereocenters. The molecule has 6 heteroatoms. The van der Waals surface area contributed by atoms with E-state index in [1.807, 2.05) is 0 Å². The van der Waals surface area contributed by atoms with Crippen LogP contribution in [0.25, 0.3) is 11.1 Å². The van der Waals surface area contributed by atoms with Crippen molar-refractivity contribution in [3.63, 3.8) is 0 Å². The first-order chi connectivity index (χ1) is 16.0. The van der Waals surface area contributed by atoms with Gasteiger partial charge >= 0.3 is 0 Å². The van der Waals surface area contributed by atoms with Crippen LogP contribution < -0.4 is 4.74 Å². The second-order valence-corrected chi connectivity index (χ2v) is 8.43. The highest BCUT2D eigenvalue weighted by atomic mass is 19.2. The van der Waals surface area contributed by atoms with Gasteiger partial charge in [0.25, 0.3) is 0 Å². The molecule has 4 rings (SSSR count). The Morgan fingerprint density at radius 2 is 1.61 bits per heavy atom. The summed E-state index contributed by atoms with van der Waals surface area (Å²) in [5.41, 5.74) is 2.35. The third-order valence-electron chi connectivity index (χ3n) is 6.41. The van der Waals surface area contributed by atoms with E-state index in [0.29, 0.717) is 53.7 Å². The van der Waals surface area contributed by atoms with Gasteiger partial charge < -0.3 is 14.6 Å². The summed E-state index contributed by atoms with van der Waals surface area (Å²) in [5, 5.41) is 9.16. The minimum absolute atomic E-state index is 0.0417. The van der Waals surface area contributed by atoms with Crippen molar-refractivity contribution in [3.05, 3.63) is 88.7 Å². The topological polar surface area (TPSA) is 38.7 Å². The standard InChI is InChI=1S/C27H27F3O3/c1-32-22-11-8-20(25(28)14-22)16-33-21-9-6-19(7-10-21)24-13-12-23(26(29)27(24)30)18-4-2-17(15-31)3-5-18/h2-5,8,11-14,19,21,31H,6-7,9-10,15-16H2,1H3. The Hall–Kier alpha value is -2.83. The van der Waals surface area contributed by atoms with Crippen molar-refractivity contribution in [3.8, 4) is 16.9 Å². The van der Waals surface area contributed by atoms with E-state index in [2.05, 4.69) is 0 Å². The van der Waals surface area contributed by atoms with E-state index in [1.165, 1.54) is 13.2 Å². The van der Waals surface area contributed by atoms with Gasteiger partial charge in [0.1, 0.15) is 11.6 Å². The molecule has 0 radical (unpaired) electrons. The molecule has 1 aliphatic carbocycles. The van der Waals surface area contributed by atoms with Gasteiger partial charge in [0, 0.05) is 17.2 Å². The summed E-state index contributed by atoms with van der Waals surface area (Å²) in [4.78, 5) is 0. The van der Waals surface area contributed by atoms with Crippen molar-refractivity contribution in [2.24, 2.45) is 0 Å². The lowest BCUT2D eigenvalue weighted by atomic mass is 9.82. The van der Waals surface area contributed by atoms with Crippen molar-refractivity contribution >= 4 is 0 Å². The smallest absolute Gasteiger partial charge is 0.166 e. The van der Waals surface area contributed by atoms with Crippen LogP contribution in [0.3, 0.4) is 0 Å². The highest BCUT2D eigenvalue weighted by molar-refractivity contribution is 5.65. The van der Waals surface area contributed by atoms with E-state index in [9.17, 15) is 13.2 Å². The lowest BCUT2D eigenvalue weighted by molar-refractivity contribution is 0.0118. The molecule has 1 N–H and O–H groups in total. The Labute approximate surface area is 191 Å². The SMILES string of the molecule is COc1ccc(COC2CCC(c3ccc(-c4ccc(CO)cc4)c(F)c3F)CC2)c(F)c1. The van der Waals surface area contributed by atoms with E-state index in [-0.39, 0.29) is 36.6 Å². The minimum Gasteiger partial charge on any atom is -0.497 e. The number of rotatable bonds is 7. The Bertz CT molecular complexity index is 1090. The van der Waals surface area contributed by atoms with E-state index in [4.69, 9.17) is 14.6 Å². The molecular weight excluding hydrogens is 429 g/mol. The second-order valence-electron chi connectivity index (χ2n) is 8.43. The maximum atomic E-state index is 15.0. The van der Waals surface area contributed by atoms with Gasteiger partial charge in [-0.15, -0.1) is 0 Å². The predicted octanol–water partition coefficient (Wildman–Crippen LogP) is 6.51. The van der Waals surface area contributed by atoms with E-state index in [0.717, 1.165) is 0 Å². The summed E-state index contributed by atoms with van der Waals surface area (Å²) in [6, 6.07) is 14.7. The molecule has 1 fully saturated rings. The number of benzene rings is 3. The van der Waals surface area contributed by atoms with Crippen molar-refractivity contribution in [1.82, 2.24) is 0 Å². The highest BCUT2D eigenvalue weighted by Crippen LogP contribution is 2.38. The molecule has 33 heavy (non-hydrogen) atoms. The summed E-state index contributed by atoms with van der Waals surface area (Å²) in [7, 11) is 1.49. The zero-order chi connectivity index (χ0) is 23.4. The Kier molecular flexibility index (Phi) is 7.36. The molecule has 174 valence electrons. The van der Waals surface area contributed by atoms with Gasteiger partial charge in [0.15, 0.2) is 11.6 Å². The maximum Gasteiger partial charge on any atom is 0.166 e. The monoisotopic (exact) mass is 456 g/mol. The largest absolute Gasteiger partial charge is 0.497 e. The maximum absolute atomic E-state index is 15.0. The molecule has 0 atom stereocenters. The molecule has 1 aliphatic rings. The number of ether oxygens (including phenoxy) is 2. The Balaban J connectivity index is 1.37. The molecule has 0 aliphatic heterocycles. The van der Waals surface area contributed by atoms with Crippen LogP contribution in [0.1, 0.15) is 48.3 Å². The highest BCUT2D eigenvalue weighted by Gasteiger charge is 2.27. The normalized spacial score (nSPS) is 18.3. The van der Waals surface area contributed by atoms with Crippen molar-refractivity contribution in [2.45, 2.75) is 50.9 Å². The van der Waals surface area contributed by atoms with Gasteiger partial charge in [0.2, 0.25) is 0 Å². The van der Waals surface area contributed by atoms with Gasteiger partial charge in [-0.05, 0) is 54.4 Å². The van der Waals surface area contributed by atoms with Crippen LogP contribution in [0.5, 0.6) is 5.75 Å². The van der Waals surface area contributed by atoms with Gasteiger partial charge in [-0.1, -0.05) is 42.5 Å². The van der Waals surface area contributed by atoms with Crippen LogP contribution in [0.15, 0.2) is 54.6 Å². The lowest BCUT2D eigenvalue weighted by Crippen LogP contribution is -2.21. The molecule has 0 saturated heterocycles. The fourth-order valence-electron chi connectivity index (χ4n) is 4.41. The third kappa shape index (κ3) is 5.23. The van der Waals surface area contributed by atoms with Crippen LogP contribution in [0.2, 0.25) is 0 Å². The first-order valence-corrected chi connectivity index (χ1v) is 11.1. The molecule has 0 aromatic heterocycles. The van der Waals surface area contributed by atoms with Crippen molar-refractivity contribution in [2.75, 3.05) is 7.11 Å². The Morgan fingerprint density at radius 3 is 2.24 bits per heavy atom. The third-order valence-corrected chi connectivity index (χ3v) is 6.41. The first-order valence-electron chi connectivity index (χ1n) is 11.1. The van der Waals surface area contributed by atoms with Gasteiger partial charge in [0.05, 0.1) is 26.4 Å². The summed E-state index contributed by atoms with van der Waals surface area (Å²) in [6.45, 7) is 0.0649. The first kappa shape index (κ1) is 23.3. The van der Waals surface area contributed by atoms with Crippen molar-refractivity contribution in [1.29, 1.82) is 0 Å². The molecular formula is C27H27F3O3. The van der Waals surface area contributed by atoms with Crippen LogP contribution in [0.4, 0.5) is 13.2 Å². The summed E-state index contributed by atoms with van der Waals surface area (Å²) >= 11 is 0. The number of aliphatic hydroxyl groups is 1. The zero-order valence-electron chi connectivity index (χ0n) is 18.5. The van der Waals surface area contributed by atoms with Crippen LogP contribution in [-0.4, -0.2) is 18.3 Å². The van der Waals surface area contributed by atoms with E-state index >= 15 is 0 Å². The average molecular weight is 457 g/mol. The molecule has 0 heterocycles. The quantitative estimate of drug-likeness (QED) is 0.440. The molecule has 0 amide bonds. The van der Waals surface area contributed by atoms with E-state index < -0.39 is 11.6 Å². The number of hydrogen-bond donors (Lipinski definition) is 1. The number of aliphatic hydroxyl groups excluding tert-OH is 1. The number of hydrogen-bond acceptors (Lipinski definition) is 3. The molecule has 3 nitrogen and oxygen atoms in total. The van der Waals surface area contributed by atoms with Gasteiger partial charge in [-0.3, -0.25) is 0 Å². The number of halogens is 3. The fraction of sp³-hybridized carbons (Fsp3) is 0.333. The van der Waals surface area contributed by atoms with E-state index in [1.54, 1.807) is 48.5 Å². The Morgan fingerprint density at radius 1 is 0.879 bits per heavy atom.